The number of nitrogens with zero attached hydrogens (tertiary/aromatic N) is 1. The van der Waals surface area contributed by atoms with E-state index >= 15 is 0 Å². The zero-order chi connectivity index (χ0) is 23.1. The van der Waals surface area contributed by atoms with Gasteiger partial charge in [0.2, 0.25) is 0 Å². The second-order valence-corrected chi connectivity index (χ2v) is 9.27. The molecule has 5 rings (SSSR count). The highest BCUT2D eigenvalue weighted by atomic mass is 32.1. The van der Waals surface area contributed by atoms with Crippen LogP contribution in [0.1, 0.15) is 34.5 Å². The fraction of sp³-hybridized carbons (Fsp3) is 0.231. The lowest BCUT2D eigenvalue weighted by Gasteiger charge is -2.25. The number of hydrogen-bond acceptors (Lipinski definition) is 6. The van der Waals surface area contributed by atoms with Crippen molar-refractivity contribution in [2.45, 2.75) is 32.0 Å². The number of benzene rings is 2. The standard InChI is InChI=1S/C26H23NO5S/c1-15-11-18-12-17(8-9-21(18)32-15)24(28)22-23(16-5-3-6-19(13-16)31-2)27(26(30)25(22)29)14-20-7-4-10-33-20/h3-10,12-13,15,23,28H,11,14H2,1-2H3/b24-22-. The molecule has 1 fully saturated rings. The second-order valence-electron chi connectivity index (χ2n) is 8.24. The van der Waals surface area contributed by atoms with Gasteiger partial charge in [-0.3, -0.25) is 9.59 Å². The summed E-state index contributed by atoms with van der Waals surface area (Å²) in [5.41, 5.74) is 2.24. The summed E-state index contributed by atoms with van der Waals surface area (Å²) in [6, 6.07) is 15.7. The van der Waals surface area contributed by atoms with Crippen molar-refractivity contribution in [3.8, 4) is 11.5 Å². The van der Waals surface area contributed by atoms with E-state index < -0.39 is 17.7 Å². The van der Waals surface area contributed by atoms with E-state index in [1.807, 2.05) is 42.6 Å². The molecule has 3 aromatic rings. The molecule has 1 amide bonds. The minimum absolute atomic E-state index is 0.0607. The number of carbonyl (C=O) groups excluding carboxylic acids is 2. The summed E-state index contributed by atoms with van der Waals surface area (Å²) in [6.07, 6.45) is 0.785. The number of fused-ring (bicyclic) bond motifs is 1. The van der Waals surface area contributed by atoms with Gasteiger partial charge in [-0.05, 0) is 59.8 Å². The van der Waals surface area contributed by atoms with Gasteiger partial charge in [-0.15, -0.1) is 11.3 Å². The summed E-state index contributed by atoms with van der Waals surface area (Å²) >= 11 is 1.52. The van der Waals surface area contributed by atoms with Gasteiger partial charge < -0.3 is 19.5 Å². The molecule has 0 saturated carbocycles. The Balaban J connectivity index is 1.64. The minimum atomic E-state index is -0.731. The van der Waals surface area contributed by atoms with Gasteiger partial charge in [0.15, 0.2) is 0 Å². The van der Waals surface area contributed by atoms with Gasteiger partial charge >= 0.3 is 0 Å². The lowest BCUT2D eigenvalue weighted by atomic mass is 9.94. The SMILES string of the molecule is COc1cccc(C2/C(=C(/O)c3ccc4c(c3)CC(C)O4)C(=O)C(=O)N2Cc2cccs2)c1. The molecule has 1 saturated heterocycles. The van der Waals surface area contributed by atoms with Crippen molar-refractivity contribution in [3.05, 3.63) is 87.1 Å². The topological polar surface area (TPSA) is 76.1 Å². The van der Waals surface area contributed by atoms with E-state index in [2.05, 4.69) is 0 Å². The third-order valence-corrected chi connectivity index (χ3v) is 6.89. The first-order chi connectivity index (χ1) is 16.0. The highest BCUT2D eigenvalue weighted by molar-refractivity contribution is 7.09. The second kappa shape index (κ2) is 8.41. The number of likely N-dealkylation sites (tertiary alicyclic amines) is 1. The van der Waals surface area contributed by atoms with Crippen LogP contribution in [0.3, 0.4) is 0 Å². The Kier molecular flexibility index (Phi) is 5.42. The smallest absolute Gasteiger partial charge is 0.295 e. The first-order valence-corrected chi connectivity index (χ1v) is 11.6. The van der Waals surface area contributed by atoms with Crippen LogP contribution in [0.5, 0.6) is 11.5 Å². The lowest BCUT2D eigenvalue weighted by molar-refractivity contribution is -0.140. The van der Waals surface area contributed by atoms with Crippen LogP contribution in [-0.4, -0.2) is 34.9 Å². The molecule has 3 heterocycles. The highest BCUT2D eigenvalue weighted by Crippen LogP contribution is 2.42. The summed E-state index contributed by atoms with van der Waals surface area (Å²) in [6.45, 7) is 2.26. The number of ether oxygens (including phenoxy) is 2. The number of methoxy groups -OCH3 is 1. The molecule has 7 heteroatoms. The van der Waals surface area contributed by atoms with E-state index in [0.717, 1.165) is 22.6 Å². The predicted octanol–water partition coefficient (Wildman–Crippen LogP) is 4.70. The van der Waals surface area contributed by atoms with Crippen LogP contribution >= 0.6 is 11.3 Å². The molecule has 6 nitrogen and oxygen atoms in total. The molecule has 0 aliphatic carbocycles. The quantitative estimate of drug-likeness (QED) is 0.339. The van der Waals surface area contributed by atoms with Crippen molar-refractivity contribution in [1.82, 2.24) is 4.90 Å². The molecule has 1 aromatic heterocycles. The van der Waals surface area contributed by atoms with Crippen LogP contribution in [0.2, 0.25) is 0 Å². The van der Waals surface area contributed by atoms with Gasteiger partial charge in [-0.25, -0.2) is 0 Å². The first kappa shape index (κ1) is 21.3. The molecule has 2 unspecified atom stereocenters. The summed E-state index contributed by atoms with van der Waals surface area (Å²) in [4.78, 5) is 28.8. The van der Waals surface area contributed by atoms with E-state index in [1.165, 1.54) is 16.2 Å². The number of aliphatic hydroxyl groups excluding tert-OH is 1. The molecule has 2 aliphatic rings. The number of hydrogen-bond donors (Lipinski definition) is 1. The van der Waals surface area contributed by atoms with E-state index in [4.69, 9.17) is 9.47 Å². The van der Waals surface area contributed by atoms with Crippen molar-refractivity contribution in [3.63, 3.8) is 0 Å². The average Bonchev–Trinajstić information content (AvgIpc) is 3.52. The van der Waals surface area contributed by atoms with Gasteiger partial charge in [-0.1, -0.05) is 18.2 Å². The fourth-order valence-corrected chi connectivity index (χ4v) is 5.20. The van der Waals surface area contributed by atoms with Crippen molar-refractivity contribution in [2.75, 3.05) is 7.11 Å². The number of carbonyl (C=O) groups is 2. The summed E-state index contributed by atoms with van der Waals surface area (Å²) < 4.78 is 11.1. The normalized spacial score (nSPS) is 21.2. The van der Waals surface area contributed by atoms with Gasteiger partial charge in [0.1, 0.15) is 23.4 Å². The molecule has 2 aromatic carbocycles. The number of ketones is 1. The Hall–Kier alpha value is -3.58. The van der Waals surface area contributed by atoms with Gasteiger partial charge in [0.25, 0.3) is 11.7 Å². The van der Waals surface area contributed by atoms with Crippen molar-refractivity contribution in [2.24, 2.45) is 0 Å². The highest BCUT2D eigenvalue weighted by Gasteiger charge is 2.46. The molecule has 1 N–H and O–H groups in total. The average molecular weight is 462 g/mol. The van der Waals surface area contributed by atoms with E-state index in [-0.39, 0.29) is 24.0 Å². The number of thiophene rings is 1. The third-order valence-electron chi connectivity index (χ3n) is 6.03. The third kappa shape index (κ3) is 3.78. The van der Waals surface area contributed by atoms with Gasteiger partial charge in [0, 0.05) is 16.9 Å². The van der Waals surface area contributed by atoms with E-state index in [9.17, 15) is 14.7 Å². The Morgan fingerprint density at radius 3 is 2.79 bits per heavy atom. The van der Waals surface area contributed by atoms with E-state index in [1.54, 1.807) is 31.4 Å². The fourth-order valence-electron chi connectivity index (χ4n) is 4.50. The zero-order valence-corrected chi connectivity index (χ0v) is 19.1. The Morgan fingerprint density at radius 1 is 1.18 bits per heavy atom. The summed E-state index contributed by atoms with van der Waals surface area (Å²) in [5.74, 6) is -0.116. The lowest BCUT2D eigenvalue weighted by Crippen LogP contribution is -2.28. The maximum absolute atomic E-state index is 13.2. The largest absolute Gasteiger partial charge is 0.507 e. The monoisotopic (exact) mass is 461 g/mol. The van der Waals surface area contributed by atoms with Gasteiger partial charge in [-0.2, -0.15) is 0 Å². The molecule has 0 radical (unpaired) electrons. The van der Waals surface area contributed by atoms with Crippen LogP contribution in [0.4, 0.5) is 0 Å². The molecular weight excluding hydrogens is 438 g/mol. The number of Topliss-reactive ketones (excluding diaryl/α,β-unsaturated/α-hetero) is 1. The van der Waals surface area contributed by atoms with Crippen LogP contribution in [0, 0.1) is 0 Å². The number of rotatable bonds is 5. The summed E-state index contributed by atoms with van der Waals surface area (Å²) in [5, 5.41) is 13.2. The Labute approximate surface area is 195 Å². The maximum atomic E-state index is 13.2. The molecule has 0 spiro atoms. The van der Waals surface area contributed by atoms with Crippen molar-refractivity contribution in [1.29, 1.82) is 0 Å². The zero-order valence-electron chi connectivity index (χ0n) is 18.3. The molecule has 2 atom stereocenters. The van der Waals surface area contributed by atoms with Crippen molar-refractivity contribution >= 4 is 28.8 Å². The molecule has 2 aliphatic heterocycles. The van der Waals surface area contributed by atoms with Crippen LogP contribution in [0.25, 0.3) is 5.76 Å². The number of aliphatic hydroxyl groups is 1. The molecular formula is C26H23NO5S. The molecule has 168 valence electrons. The molecule has 33 heavy (non-hydrogen) atoms. The predicted molar refractivity (Wildman–Crippen MR) is 125 cm³/mol. The van der Waals surface area contributed by atoms with Crippen molar-refractivity contribution < 1.29 is 24.2 Å². The van der Waals surface area contributed by atoms with Crippen LogP contribution in [-0.2, 0) is 22.6 Å². The van der Waals surface area contributed by atoms with Gasteiger partial charge in [0.05, 0.1) is 25.3 Å². The summed E-state index contributed by atoms with van der Waals surface area (Å²) in [7, 11) is 1.56. The van der Waals surface area contributed by atoms with E-state index in [0.29, 0.717) is 16.9 Å². The Bertz CT molecular complexity index is 1260. The van der Waals surface area contributed by atoms with Crippen LogP contribution in [0.15, 0.2) is 65.6 Å². The Morgan fingerprint density at radius 2 is 2.03 bits per heavy atom. The first-order valence-electron chi connectivity index (χ1n) is 10.7. The maximum Gasteiger partial charge on any atom is 0.295 e. The minimum Gasteiger partial charge on any atom is -0.507 e. The molecule has 0 bridgehead atoms. The number of amides is 1. The van der Waals surface area contributed by atoms with Crippen LogP contribution < -0.4 is 9.47 Å².